The summed E-state index contributed by atoms with van der Waals surface area (Å²) in [5.41, 5.74) is 2.27. The van der Waals surface area contributed by atoms with Crippen LogP contribution in [0.1, 0.15) is 24.5 Å². The van der Waals surface area contributed by atoms with Crippen molar-refractivity contribution in [3.63, 3.8) is 0 Å². The molecule has 0 radical (unpaired) electrons. The predicted molar refractivity (Wildman–Crippen MR) is 83.9 cm³/mol. The van der Waals surface area contributed by atoms with E-state index in [1.54, 1.807) is 0 Å². The van der Waals surface area contributed by atoms with Gasteiger partial charge in [0.1, 0.15) is 18.5 Å². The van der Waals surface area contributed by atoms with E-state index >= 15 is 0 Å². The molecule has 4 heteroatoms. The molecule has 1 aromatic rings. The van der Waals surface area contributed by atoms with Gasteiger partial charge in [-0.05, 0) is 44.4 Å². The SMILES string of the molecule is Cc1ccc(C)c(OCC(O)CN2CCOCCC2C)c1. The van der Waals surface area contributed by atoms with Crippen LogP contribution in [0, 0.1) is 13.8 Å². The van der Waals surface area contributed by atoms with Gasteiger partial charge in [-0.3, -0.25) is 4.90 Å². The summed E-state index contributed by atoms with van der Waals surface area (Å²) >= 11 is 0. The van der Waals surface area contributed by atoms with E-state index in [4.69, 9.17) is 9.47 Å². The minimum absolute atomic E-state index is 0.328. The fourth-order valence-electron chi connectivity index (χ4n) is 2.58. The maximum Gasteiger partial charge on any atom is 0.122 e. The van der Waals surface area contributed by atoms with Crippen molar-refractivity contribution < 1.29 is 14.6 Å². The molecule has 0 amide bonds. The maximum atomic E-state index is 10.2. The van der Waals surface area contributed by atoms with Crippen molar-refractivity contribution in [2.24, 2.45) is 0 Å². The zero-order valence-electron chi connectivity index (χ0n) is 13.3. The first-order valence-corrected chi connectivity index (χ1v) is 7.76. The van der Waals surface area contributed by atoms with Crippen molar-refractivity contribution in [3.05, 3.63) is 29.3 Å². The lowest BCUT2D eigenvalue weighted by Crippen LogP contribution is -2.41. The molecule has 118 valence electrons. The van der Waals surface area contributed by atoms with Crippen LogP contribution in [0.3, 0.4) is 0 Å². The number of aryl methyl sites for hydroxylation is 2. The third kappa shape index (κ3) is 4.99. The molecule has 0 aromatic heterocycles. The van der Waals surface area contributed by atoms with Crippen molar-refractivity contribution >= 4 is 0 Å². The minimum atomic E-state index is -0.481. The third-order valence-corrected chi connectivity index (χ3v) is 4.05. The van der Waals surface area contributed by atoms with Crippen LogP contribution in [0.5, 0.6) is 5.75 Å². The third-order valence-electron chi connectivity index (χ3n) is 4.05. The molecule has 21 heavy (non-hydrogen) atoms. The van der Waals surface area contributed by atoms with Crippen LogP contribution >= 0.6 is 0 Å². The molecular weight excluding hydrogens is 266 g/mol. The van der Waals surface area contributed by atoms with Crippen LogP contribution in [0.25, 0.3) is 0 Å². The molecule has 1 aliphatic heterocycles. The van der Waals surface area contributed by atoms with Crippen LogP contribution in [-0.4, -0.2) is 55.1 Å². The average Bonchev–Trinajstić information content (AvgIpc) is 2.65. The molecule has 0 bridgehead atoms. The summed E-state index contributed by atoms with van der Waals surface area (Å²) in [7, 11) is 0. The van der Waals surface area contributed by atoms with Gasteiger partial charge in [-0.1, -0.05) is 12.1 Å². The lowest BCUT2D eigenvalue weighted by molar-refractivity contribution is 0.0542. The van der Waals surface area contributed by atoms with Gasteiger partial charge in [0, 0.05) is 25.7 Å². The van der Waals surface area contributed by atoms with Crippen LogP contribution in [0.2, 0.25) is 0 Å². The fourth-order valence-corrected chi connectivity index (χ4v) is 2.58. The highest BCUT2D eigenvalue weighted by atomic mass is 16.5. The second-order valence-corrected chi connectivity index (χ2v) is 5.98. The zero-order valence-corrected chi connectivity index (χ0v) is 13.3. The normalized spacial score (nSPS) is 21.8. The predicted octanol–water partition coefficient (Wildman–Crippen LogP) is 2.15. The van der Waals surface area contributed by atoms with Crippen LogP contribution in [0.15, 0.2) is 18.2 Å². The number of hydrogen-bond acceptors (Lipinski definition) is 4. The number of hydrogen-bond donors (Lipinski definition) is 1. The van der Waals surface area contributed by atoms with E-state index in [0.29, 0.717) is 19.2 Å². The summed E-state index contributed by atoms with van der Waals surface area (Å²) < 4.78 is 11.3. The van der Waals surface area contributed by atoms with Crippen LogP contribution in [0.4, 0.5) is 0 Å². The van der Waals surface area contributed by atoms with Crippen molar-refractivity contribution in [3.8, 4) is 5.75 Å². The summed E-state index contributed by atoms with van der Waals surface area (Å²) in [6.07, 6.45) is 0.537. The van der Waals surface area contributed by atoms with Gasteiger partial charge in [0.2, 0.25) is 0 Å². The topological polar surface area (TPSA) is 41.9 Å². The molecule has 0 saturated carbocycles. The van der Waals surface area contributed by atoms with Crippen molar-refractivity contribution in [1.82, 2.24) is 4.90 Å². The monoisotopic (exact) mass is 293 g/mol. The molecule has 0 aliphatic carbocycles. The number of aliphatic hydroxyl groups excluding tert-OH is 1. The Morgan fingerprint density at radius 1 is 1.38 bits per heavy atom. The van der Waals surface area contributed by atoms with E-state index < -0.39 is 6.10 Å². The van der Waals surface area contributed by atoms with Gasteiger partial charge >= 0.3 is 0 Å². The second kappa shape index (κ2) is 7.78. The van der Waals surface area contributed by atoms with Crippen LogP contribution in [-0.2, 0) is 4.74 Å². The molecular formula is C17H27NO3. The molecule has 1 aromatic carbocycles. The zero-order chi connectivity index (χ0) is 15.2. The number of ether oxygens (including phenoxy) is 2. The van der Waals surface area contributed by atoms with Gasteiger partial charge in [0.25, 0.3) is 0 Å². The lowest BCUT2D eigenvalue weighted by atomic mass is 10.1. The molecule has 1 heterocycles. The van der Waals surface area contributed by atoms with Crippen LogP contribution < -0.4 is 4.74 Å². The molecule has 1 aliphatic rings. The molecule has 0 spiro atoms. The van der Waals surface area contributed by atoms with Gasteiger partial charge < -0.3 is 14.6 Å². The van der Waals surface area contributed by atoms with E-state index in [2.05, 4.69) is 17.9 Å². The quantitative estimate of drug-likeness (QED) is 0.903. The second-order valence-electron chi connectivity index (χ2n) is 5.98. The molecule has 2 rings (SSSR count). The summed E-state index contributed by atoms with van der Waals surface area (Å²) in [5, 5.41) is 10.2. The first-order chi connectivity index (χ1) is 10.1. The fraction of sp³-hybridized carbons (Fsp3) is 0.647. The molecule has 4 nitrogen and oxygen atoms in total. The number of aliphatic hydroxyl groups is 1. The van der Waals surface area contributed by atoms with Crippen molar-refractivity contribution in [2.45, 2.75) is 39.3 Å². The number of nitrogens with zero attached hydrogens (tertiary/aromatic N) is 1. The van der Waals surface area contributed by atoms with E-state index in [0.717, 1.165) is 37.5 Å². The van der Waals surface area contributed by atoms with Gasteiger partial charge in [0.15, 0.2) is 0 Å². The number of β-amino-alcohol motifs (C(OH)–C–C–N with tert-alkyl or cyclic N) is 1. The Kier molecular flexibility index (Phi) is 6.03. The smallest absolute Gasteiger partial charge is 0.122 e. The highest BCUT2D eigenvalue weighted by molar-refractivity contribution is 5.35. The largest absolute Gasteiger partial charge is 0.491 e. The Bertz CT molecular complexity index is 450. The highest BCUT2D eigenvalue weighted by Gasteiger charge is 2.20. The minimum Gasteiger partial charge on any atom is -0.491 e. The van der Waals surface area contributed by atoms with Gasteiger partial charge in [-0.2, -0.15) is 0 Å². The Morgan fingerprint density at radius 3 is 3.00 bits per heavy atom. The van der Waals surface area contributed by atoms with Crippen molar-refractivity contribution in [1.29, 1.82) is 0 Å². The lowest BCUT2D eigenvalue weighted by Gasteiger charge is -2.28. The first-order valence-electron chi connectivity index (χ1n) is 7.76. The van der Waals surface area contributed by atoms with Gasteiger partial charge in [0.05, 0.1) is 6.61 Å². The number of benzene rings is 1. The molecule has 1 saturated heterocycles. The summed E-state index contributed by atoms with van der Waals surface area (Å²) in [5.74, 6) is 0.862. The van der Waals surface area contributed by atoms with Gasteiger partial charge in [-0.15, -0.1) is 0 Å². The maximum absolute atomic E-state index is 10.2. The highest BCUT2D eigenvalue weighted by Crippen LogP contribution is 2.19. The van der Waals surface area contributed by atoms with Gasteiger partial charge in [-0.25, -0.2) is 0 Å². The summed E-state index contributed by atoms with van der Waals surface area (Å²) in [6.45, 7) is 9.65. The van der Waals surface area contributed by atoms with E-state index in [1.165, 1.54) is 5.56 Å². The molecule has 1 N–H and O–H groups in total. The average molecular weight is 293 g/mol. The Balaban J connectivity index is 1.83. The Hall–Kier alpha value is -1.10. The standard InChI is InChI=1S/C17H27NO3/c1-13-4-5-14(2)17(10-13)21-12-16(19)11-18-7-9-20-8-6-15(18)3/h4-5,10,15-16,19H,6-9,11-12H2,1-3H3. The van der Waals surface area contributed by atoms with E-state index in [1.807, 2.05) is 26.0 Å². The Labute approximate surface area is 127 Å². The summed E-state index contributed by atoms with van der Waals surface area (Å²) in [4.78, 5) is 2.28. The molecule has 1 fully saturated rings. The van der Waals surface area contributed by atoms with Crippen molar-refractivity contribution in [2.75, 3.05) is 32.9 Å². The summed E-state index contributed by atoms with van der Waals surface area (Å²) in [6, 6.07) is 6.58. The first kappa shape index (κ1) is 16.3. The number of rotatable bonds is 5. The molecule has 2 unspecified atom stereocenters. The Morgan fingerprint density at radius 2 is 2.19 bits per heavy atom. The van der Waals surface area contributed by atoms with E-state index in [9.17, 15) is 5.11 Å². The van der Waals surface area contributed by atoms with E-state index in [-0.39, 0.29) is 0 Å². The molecule has 2 atom stereocenters.